The highest BCUT2D eigenvalue weighted by molar-refractivity contribution is 5.85. The predicted molar refractivity (Wildman–Crippen MR) is 110 cm³/mol. The van der Waals surface area contributed by atoms with Gasteiger partial charge in [-0.1, -0.05) is 37.3 Å². The minimum Gasteiger partial charge on any atom is -0.338 e. The summed E-state index contributed by atoms with van der Waals surface area (Å²) in [5, 5.41) is 3.08. The molecule has 1 atom stereocenters. The lowest BCUT2D eigenvalue weighted by Crippen LogP contribution is -2.50. The van der Waals surface area contributed by atoms with Gasteiger partial charge >= 0.3 is 0 Å². The summed E-state index contributed by atoms with van der Waals surface area (Å²) in [5.41, 5.74) is 1.36. The van der Waals surface area contributed by atoms with E-state index in [0.29, 0.717) is 18.4 Å². The Balaban J connectivity index is 0.00000288. The molecule has 0 aromatic heterocycles. The summed E-state index contributed by atoms with van der Waals surface area (Å²) >= 11 is 0. The summed E-state index contributed by atoms with van der Waals surface area (Å²) in [6.07, 6.45) is 3.94. The average Bonchev–Trinajstić information content (AvgIpc) is 2.58. The van der Waals surface area contributed by atoms with Crippen LogP contribution in [-0.2, 0) is 11.3 Å². The molecule has 1 N–H and O–H groups in total. The van der Waals surface area contributed by atoms with Crippen LogP contribution in [0.15, 0.2) is 30.3 Å². The van der Waals surface area contributed by atoms with Gasteiger partial charge in [-0.05, 0) is 38.4 Å². The Bertz CT molecular complexity index is 473. The Hall–Kier alpha value is -0.810. The standard InChI is InChI=1S/C19H31N3O.2ClH/c1-3-13-22(19(23)11-12-20-2)18-10-7-14-21(16-18)15-17-8-5-4-6-9-17;;/h4-6,8-9,18,20H,3,7,10-16H2,1-2H3;2*1H. The van der Waals surface area contributed by atoms with E-state index in [4.69, 9.17) is 0 Å². The van der Waals surface area contributed by atoms with Crippen molar-refractivity contribution in [3.63, 3.8) is 0 Å². The summed E-state index contributed by atoms with van der Waals surface area (Å²) in [6, 6.07) is 11.0. The zero-order valence-electron chi connectivity index (χ0n) is 15.4. The molecule has 4 nitrogen and oxygen atoms in total. The SMILES string of the molecule is CCCN(C(=O)CCNC)C1CCCN(Cc2ccccc2)C1.Cl.Cl. The summed E-state index contributed by atoms with van der Waals surface area (Å²) in [7, 11) is 1.90. The van der Waals surface area contributed by atoms with Gasteiger partial charge in [0.25, 0.3) is 0 Å². The lowest BCUT2D eigenvalue weighted by atomic mass is 10.0. The third-order valence-electron chi connectivity index (χ3n) is 4.54. The van der Waals surface area contributed by atoms with Crippen LogP contribution in [0.3, 0.4) is 0 Å². The van der Waals surface area contributed by atoms with Crippen molar-refractivity contribution in [3.05, 3.63) is 35.9 Å². The molecule has 0 spiro atoms. The predicted octanol–water partition coefficient (Wildman–Crippen LogP) is 3.34. The van der Waals surface area contributed by atoms with Crippen LogP contribution in [0.2, 0.25) is 0 Å². The number of nitrogens with one attached hydrogen (secondary N) is 1. The van der Waals surface area contributed by atoms with Gasteiger partial charge in [-0.3, -0.25) is 9.69 Å². The van der Waals surface area contributed by atoms with Gasteiger partial charge < -0.3 is 10.2 Å². The fourth-order valence-electron chi connectivity index (χ4n) is 3.40. The molecule has 0 saturated carbocycles. The zero-order valence-corrected chi connectivity index (χ0v) is 17.1. The molecule has 0 bridgehead atoms. The highest BCUT2D eigenvalue weighted by atomic mass is 35.5. The number of rotatable bonds is 8. The Labute approximate surface area is 165 Å². The Morgan fingerprint density at radius 3 is 2.64 bits per heavy atom. The lowest BCUT2D eigenvalue weighted by Gasteiger charge is -2.39. The summed E-state index contributed by atoms with van der Waals surface area (Å²) in [6.45, 7) is 6.92. The smallest absolute Gasteiger partial charge is 0.224 e. The number of hydrogen-bond donors (Lipinski definition) is 1. The van der Waals surface area contributed by atoms with Crippen LogP contribution >= 0.6 is 24.8 Å². The van der Waals surface area contributed by atoms with E-state index < -0.39 is 0 Å². The molecule has 6 heteroatoms. The largest absolute Gasteiger partial charge is 0.338 e. The molecule has 1 aliphatic rings. The molecule has 0 aliphatic carbocycles. The van der Waals surface area contributed by atoms with Gasteiger partial charge in [0.1, 0.15) is 0 Å². The van der Waals surface area contributed by atoms with E-state index in [9.17, 15) is 4.79 Å². The van der Waals surface area contributed by atoms with Crippen molar-refractivity contribution in [2.24, 2.45) is 0 Å². The highest BCUT2D eigenvalue weighted by Crippen LogP contribution is 2.19. The first-order valence-corrected chi connectivity index (χ1v) is 8.95. The molecule has 144 valence electrons. The molecule has 1 unspecified atom stereocenters. The summed E-state index contributed by atoms with van der Waals surface area (Å²) < 4.78 is 0. The van der Waals surface area contributed by atoms with Crippen LogP contribution in [0.5, 0.6) is 0 Å². The minimum atomic E-state index is 0. The number of carbonyl (C=O) groups excluding carboxylic acids is 1. The molecule has 1 aromatic carbocycles. The van der Waals surface area contributed by atoms with E-state index in [0.717, 1.165) is 45.6 Å². The fraction of sp³-hybridized carbons (Fsp3) is 0.632. The number of piperidine rings is 1. The van der Waals surface area contributed by atoms with Crippen molar-refractivity contribution in [1.29, 1.82) is 0 Å². The second-order valence-electron chi connectivity index (χ2n) is 6.46. The minimum absolute atomic E-state index is 0. The van der Waals surface area contributed by atoms with Gasteiger partial charge in [0.2, 0.25) is 5.91 Å². The summed E-state index contributed by atoms with van der Waals surface area (Å²) in [5.74, 6) is 0.299. The Morgan fingerprint density at radius 1 is 1.28 bits per heavy atom. The maximum atomic E-state index is 12.5. The van der Waals surface area contributed by atoms with Gasteiger partial charge in [0.05, 0.1) is 0 Å². The average molecular weight is 390 g/mol. The van der Waals surface area contributed by atoms with Gasteiger partial charge in [-0.2, -0.15) is 0 Å². The van der Waals surface area contributed by atoms with E-state index in [-0.39, 0.29) is 24.8 Å². The van der Waals surface area contributed by atoms with Gasteiger partial charge in [0, 0.05) is 38.6 Å². The van der Waals surface area contributed by atoms with Crippen LogP contribution in [0.25, 0.3) is 0 Å². The van der Waals surface area contributed by atoms with Crippen molar-refractivity contribution in [3.8, 4) is 0 Å². The molecule has 1 aromatic rings. The number of hydrogen-bond acceptors (Lipinski definition) is 3. The quantitative estimate of drug-likeness (QED) is 0.740. The summed E-state index contributed by atoms with van der Waals surface area (Å²) in [4.78, 5) is 17.2. The topological polar surface area (TPSA) is 35.6 Å². The van der Waals surface area contributed by atoms with Crippen molar-refractivity contribution < 1.29 is 4.79 Å². The number of benzene rings is 1. The number of halogens is 2. The Kier molecular flexibility index (Phi) is 13.0. The van der Waals surface area contributed by atoms with Crippen LogP contribution in [-0.4, -0.2) is 55.0 Å². The van der Waals surface area contributed by atoms with Crippen LogP contribution in [0.1, 0.15) is 38.2 Å². The van der Waals surface area contributed by atoms with E-state index >= 15 is 0 Å². The molecule has 1 heterocycles. The fourth-order valence-corrected chi connectivity index (χ4v) is 3.40. The van der Waals surface area contributed by atoms with Crippen LogP contribution in [0.4, 0.5) is 0 Å². The number of carbonyl (C=O) groups is 1. The van der Waals surface area contributed by atoms with E-state index in [1.807, 2.05) is 7.05 Å². The maximum absolute atomic E-state index is 12.5. The third kappa shape index (κ3) is 7.95. The first-order valence-electron chi connectivity index (χ1n) is 8.95. The molecule has 1 saturated heterocycles. The lowest BCUT2D eigenvalue weighted by molar-refractivity contribution is -0.134. The molecule has 1 fully saturated rings. The number of nitrogens with zero attached hydrogens (tertiary/aromatic N) is 2. The maximum Gasteiger partial charge on any atom is 0.224 e. The third-order valence-corrected chi connectivity index (χ3v) is 4.54. The molecular formula is C19H33Cl2N3O. The van der Waals surface area contributed by atoms with Crippen molar-refractivity contribution >= 4 is 30.7 Å². The second kappa shape index (κ2) is 13.4. The monoisotopic (exact) mass is 389 g/mol. The van der Waals surface area contributed by atoms with Crippen molar-refractivity contribution in [1.82, 2.24) is 15.1 Å². The molecule has 2 rings (SSSR count). The van der Waals surface area contributed by atoms with Gasteiger partial charge in [-0.15, -0.1) is 24.8 Å². The van der Waals surface area contributed by atoms with Gasteiger partial charge in [0.15, 0.2) is 0 Å². The van der Waals surface area contributed by atoms with Crippen molar-refractivity contribution in [2.75, 3.05) is 33.2 Å². The van der Waals surface area contributed by atoms with E-state index in [1.165, 1.54) is 12.0 Å². The molecule has 25 heavy (non-hydrogen) atoms. The first-order chi connectivity index (χ1) is 11.2. The Morgan fingerprint density at radius 2 is 2.00 bits per heavy atom. The normalized spacial score (nSPS) is 17.3. The number of amides is 1. The van der Waals surface area contributed by atoms with Crippen LogP contribution in [0, 0.1) is 0 Å². The molecule has 1 aliphatic heterocycles. The van der Waals surface area contributed by atoms with E-state index in [2.05, 4.69) is 52.4 Å². The molecular weight excluding hydrogens is 357 g/mol. The highest BCUT2D eigenvalue weighted by Gasteiger charge is 2.27. The van der Waals surface area contributed by atoms with Gasteiger partial charge in [-0.25, -0.2) is 0 Å². The molecule has 1 amide bonds. The van der Waals surface area contributed by atoms with E-state index in [1.54, 1.807) is 0 Å². The zero-order chi connectivity index (χ0) is 16.5. The molecule has 0 radical (unpaired) electrons. The second-order valence-corrected chi connectivity index (χ2v) is 6.46. The van der Waals surface area contributed by atoms with Crippen LogP contribution < -0.4 is 5.32 Å². The number of likely N-dealkylation sites (tertiary alicyclic amines) is 1. The van der Waals surface area contributed by atoms with Crippen molar-refractivity contribution in [2.45, 2.75) is 45.2 Å². The first kappa shape index (κ1) is 24.2.